The summed E-state index contributed by atoms with van der Waals surface area (Å²) in [6, 6.07) is 0.543. The van der Waals surface area contributed by atoms with E-state index >= 15 is 0 Å². The van der Waals surface area contributed by atoms with E-state index < -0.39 is 0 Å². The van der Waals surface area contributed by atoms with Crippen molar-refractivity contribution in [3.8, 4) is 6.01 Å². The molecule has 1 atom stereocenters. The predicted molar refractivity (Wildman–Crippen MR) is 162 cm³/mol. The second-order valence-corrected chi connectivity index (χ2v) is 11.3. The number of nitrogens with one attached hydrogen (secondary N) is 3. The molecule has 0 aromatic carbocycles. The van der Waals surface area contributed by atoms with Crippen molar-refractivity contribution in [2.75, 3.05) is 6.54 Å². The van der Waals surface area contributed by atoms with Crippen LogP contribution in [0.25, 0.3) is 12.2 Å². The van der Waals surface area contributed by atoms with E-state index in [0.717, 1.165) is 24.6 Å². The largest absolute Gasteiger partial charge is 0.457 e. The summed E-state index contributed by atoms with van der Waals surface area (Å²) >= 11 is 0. The third-order valence-electron chi connectivity index (χ3n) is 7.90. The summed E-state index contributed by atoms with van der Waals surface area (Å²) < 4.78 is 5.91. The molecule has 218 valence electrons. The summed E-state index contributed by atoms with van der Waals surface area (Å²) in [7, 11) is 0. The number of nitrogens with zero attached hydrogens (tertiary/aromatic N) is 1. The lowest BCUT2D eigenvalue weighted by atomic mass is 10.0. The van der Waals surface area contributed by atoms with Crippen LogP contribution in [-0.2, 0) is 11.2 Å². The Bertz CT molecular complexity index is 1010. The number of aromatic nitrogens is 3. The van der Waals surface area contributed by atoms with E-state index in [0.29, 0.717) is 19.0 Å². The topological polar surface area (TPSA) is 82.8 Å². The van der Waals surface area contributed by atoms with Gasteiger partial charge in [0.15, 0.2) is 0 Å². The Labute approximate surface area is 236 Å². The van der Waals surface area contributed by atoms with Gasteiger partial charge < -0.3 is 20.0 Å². The molecular formula is C33H54N4O2. The smallest absolute Gasteiger partial charge is 0.294 e. The highest BCUT2D eigenvalue weighted by Gasteiger charge is 2.13. The van der Waals surface area contributed by atoms with Crippen LogP contribution in [0.4, 0.5) is 0 Å². The Morgan fingerprint density at radius 3 is 2.10 bits per heavy atom. The first-order chi connectivity index (χ1) is 19.3. The molecule has 39 heavy (non-hydrogen) atoms. The summed E-state index contributed by atoms with van der Waals surface area (Å²) in [5.41, 5.74) is 1.21. The van der Waals surface area contributed by atoms with Gasteiger partial charge in [-0.2, -0.15) is 0 Å². The molecule has 0 saturated heterocycles. The Kier molecular flexibility index (Phi) is 15.5. The zero-order chi connectivity index (χ0) is 27.4. The van der Waals surface area contributed by atoms with Gasteiger partial charge in [0.1, 0.15) is 6.10 Å². The molecule has 2 aromatic heterocycles. The number of fused-ring (bicyclic) bond motifs is 1. The van der Waals surface area contributed by atoms with E-state index in [1.54, 1.807) is 12.4 Å². The summed E-state index contributed by atoms with van der Waals surface area (Å²) in [5, 5.41) is 5.43. The number of carbonyl (C=O) groups excluding carboxylic acids is 1. The van der Waals surface area contributed by atoms with Gasteiger partial charge >= 0.3 is 0 Å². The lowest BCUT2D eigenvalue weighted by molar-refractivity contribution is -0.121. The van der Waals surface area contributed by atoms with Crippen LogP contribution in [0.1, 0.15) is 134 Å². The first kappa shape index (κ1) is 31.0. The minimum Gasteiger partial charge on any atom is -0.457 e. The van der Waals surface area contributed by atoms with Crippen molar-refractivity contribution in [1.82, 2.24) is 20.3 Å². The number of hydrogen-bond acceptors (Lipinski definition) is 3. The van der Waals surface area contributed by atoms with Crippen LogP contribution in [0, 0.1) is 0 Å². The minimum atomic E-state index is -0.0347. The number of carbonyl (C=O) groups is 1. The number of unbranched alkanes of at least 4 members (excludes halogenated alkanes) is 16. The van der Waals surface area contributed by atoms with E-state index in [1.165, 1.54) is 114 Å². The fourth-order valence-electron chi connectivity index (χ4n) is 5.53. The zero-order valence-corrected chi connectivity index (χ0v) is 24.6. The van der Waals surface area contributed by atoms with Gasteiger partial charge in [0.05, 0.1) is 0 Å². The van der Waals surface area contributed by atoms with Gasteiger partial charge in [-0.25, -0.2) is 4.98 Å². The molecule has 3 N–H and O–H groups in total. The summed E-state index contributed by atoms with van der Waals surface area (Å²) in [4.78, 5) is 22.8. The number of imidazole rings is 1. The number of H-pyrrole nitrogens is 2. The summed E-state index contributed by atoms with van der Waals surface area (Å²) in [6.45, 7) is 2.95. The minimum absolute atomic E-state index is 0.0347. The van der Waals surface area contributed by atoms with Gasteiger partial charge in [0.2, 0.25) is 5.91 Å². The molecule has 0 fully saturated rings. The van der Waals surface area contributed by atoms with Gasteiger partial charge in [-0.15, -0.1) is 0 Å². The Morgan fingerprint density at radius 2 is 1.51 bits per heavy atom. The van der Waals surface area contributed by atoms with Gasteiger partial charge in [-0.1, -0.05) is 116 Å². The fourth-order valence-corrected chi connectivity index (χ4v) is 5.53. The van der Waals surface area contributed by atoms with Crippen LogP contribution in [0.15, 0.2) is 18.6 Å². The molecule has 0 radical (unpaired) electrons. The highest BCUT2D eigenvalue weighted by atomic mass is 16.5. The van der Waals surface area contributed by atoms with Gasteiger partial charge in [-0.3, -0.25) is 4.79 Å². The maximum atomic E-state index is 12.3. The third kappa shape index (κ3) is 12.9. The van der Waals surface area contributed by atoms with Crippen LogP contribution < -0.4 is 20.6 Å². The van der Waals surface area contributed by atoms with E-state index in [9.17, 15) is 4.79 Å². The van der Waals surface area contributed by atoms with Gasteiger partial charge in [0.25, 0.3) is 6.01 Å². The SMILES string of the molecule is CCCCCCCCCCCCCCCCCCCC(=O)NCCc1c[nH]c2c1=CC(Oc1ncc[nH]1)CC=2. The maximum absolute atomic E-state index is 12.3. The predicted octanol–water partition coefficient (Wildman–Crippen LogP) is 6.85. The molecule has 1 unspecified atom stereocenters. The third-order valence-corrected chi connectivity index (χ3v) is 7.90. The second-order valence-electron chi connectivity index (χ2n) is 11.3. The Morgan fingerprint density at radius 1 is 0.897 bits per heavy atom. The van der Waals surface area contributed by atoms with Gasteiger partial charge in [-0.05, 0) is 24.5 Å². The first-order valence-electron chi connectivity index (χ1n) is 16.1. The molecule has 1 amide bonds. The number of rotatable bonds is 23. The molecular weight excluding hydrogens is 484 g/mol. The number of hydrogen-bond donors (Lipinski definition) is 3. The second kappa shape index (κ2) is 19.5. The van der Waals surface area contributed by atoms with E-state index in [-0.39, 0.29) is 12.0 Å². The fraction of sp³-hybridized carbons (Fsp3) is 0.697. The Hall–Kier alpha value is -2.50. The maximum Gasteiger partial charge on any atom is 0.294 e. The van der Waals surface area contributed by atoms with Gasteiger partial charge in [0, 0.05) is 48.5 Å². The van der Waals surface area contributed by atoms with Crippen LogP contribution in [0.3, 0.4) is 0 Å². The van der Waals surface area contributed by atoms with E-state index in [2.05, 4.69) is 45.5 Å². The first-order valence-corrected chi connectivity index (χ1v) is 16.1. The van der Waals surface area contributed by atoms with Crippen molar-refractivity contribution < 1.29 is 9.53 Å². The monoisotopic (exact) mass is 538 g/mol. The molecule has 0 spiro atoms. The average Bonchev–Trinajstić information content (AvgIpc) is 3.60. The zero-order valence-electron chi connectivity index (χ0n) is 24.6. The number of aromatic amines is 2. The molecule has 2 aromatic rings. The lowest BCUT2D eigenvalue weighted by Crippen LogP contribution is -2.34. The van der Waals surface area contributed by atoms with Crippen LogP contribution in [0.5, 0.6) is 6.01 Å². The molecule has 0 aliphatic heterocycles. The van der Waals surface area contributed by atoms with Crippen LogP contribution in [-0.4, -0.2) is 33.5 Å². The normalized spacial score (nSPS) is 14.4. The summed E-state index contributed by atoms with van der Waals surface area (Å²) in [5.74, 6) is 0.176. The van der Waals surface area contributed by atoms with Crippen molar-refractivity contribution in [2.45, 2.75) is 141 Å². The number of ether oxygens (including phenoxy) is 1. The molecule has 1 aliphatic rings. The molecule has 3 rings (SSSR count). The van der Waals surface area contributed by atoms with Crippen molar-refractivity contribution >= 4 is 18.1 Å². The van der Waals surface area contributed by atoms with Crippen molar-refractivity contribution in [2.24, 2.45) is 0 Å². The molecule has 6 nitrogen and oxygen atoms in total. The highest BCUT2D eigenvalue weighted by molar-refractivity contribution is 5.75. The molecule has 1 aliphatic carbocycles. The quantitative estimate of drug-likeness (QED) is 0.135. The Balaban J connectivity index is 1.13. The summed E-state index contributed by atoms with van der Waals surface area (Å²) in [6.07, 6.45) is 35.2. The standard InChI is InChI=1S/C33H54N4O2/c1-2-3-4-5-6-7-8-9-10-11-12-13-14-15-16-17-18-19-32(38)34-23-22-28-27-37-31-21-20-29(26-30(28)31)39-33-35-24-25-36-33/h21,24-27,29,37H,2-20,22-23H2,1H3,(H,34,38)(H,35,36). The molecule has 0 bridgehead atoms. The number of amides is 1. The van der Waals surface area contributed by atoms with Crippen LogP contribution in [0.2, 0.25) is 0 Å². The average molecular weight is 539 g/mol. The van der Waals surface area contributed by atoms with E-state index in [1.807, 2.05) is 0 Å². The molecule has 0 saturated carbocycles. The van der Waals surface area contributed by atoms with Crippen LogP contribution >= 0.6 is 0 Å². The van der Waals surface area contributed by atoms with Crippen molar-refractivity contribution in [1.29, 1.82) is 0 Å². The van der Waals surface area contributed by atoms with E-state index in [4.69, 9.17) is 4.74 Å². The highest BCUT2D eigenvalue weighted by Crippen LogP contribution is 2.14. The van der Waals surface area contributed by atoms with Crippen molar-refractivity contribution in [3.63, 3.8) is 0 Å². The van der Waals surface area contributed by atoms with Crippen molar-refractivity contribution in [3.05, 3.63) is 34.7 Å². The molecule has 2 heterocycles. The lowest BCUT2D eigenvalue weighted by Gasteiger charge is -2.14. The molecule has 6 heteroatoms.